The van der Waals surface area contributed by atoms with Crippen LogP contribution in [0.4, 0.5) is 0 Å². The average Bonchev–Trinajstić information content (AvgIpc) is 3.27. The predicted molar refractivity (Wildman–Crippen MR) is 162 cm³/mol. The monoisotopic (exact) mass is 575 g/mol. The fraction of sp³-hybridized carbons (Fsp3) is 0.441. The summed E-state index contributed by atoms with van der Waals surface area (Å²) >= 11 is 0. The lowest BCUT2D eigenvalue weighted by Crippen LogP contribution is -2.58. The molecule has 3 saturated carbocycles. The van der Waals surface area contributed by atoms with Crippen LogP contribution >= 0.6 is 0 Å². The van der Waals surface area contributed by atoms with Crippen LogP contribution in [0, 0.1) is 16.7 Å². The van der Waals surface area contributed by atoms with Crippen molar-refractivity contribution >= 4 is 26.8 Å². The first-order chi connectivity index (χ1) is 19.0. The van der Waals surface area contributed by atoms with Crippen LogP contribution in [0.2, 0.25) is 0 Å². The molecule has 40 heavy (non-hydrogen) atoms. The Hall–Kier alpha value is -2.41. The van der Waals surface area contributed by atoms with Gasteiger partial charge in [-0.1, -0.05) is 82.5 Å². The van der Waals surface area contributed by atoms with E-state index in [0.29, 0.717) is 18.8 Å². The lowest BCUT2D eigenvalue weighted by molar-refractivity contribution is -0.128. The first-order valence-corrected chi connectivity index (χ1v) is 17.2. The summed E-state index contributed by atoms with van der Waals surface area (Å²) in [5.74, 6) is -0.165. The Labute approximate surface area is 241 Å². The summed E-state index contributed by atoms with van der Waals surface area (Å²) in [7, 11) is -5.98. The number of ketones is 1. The maximum Gasteiger partial charge on any atom is 0.326 e. The number of hydrogen-bond donors (Lipinski definition) is 1. The average molecular weight is 576 g/mol. The number of hydrogen-bond acceptors (Lipinski definition) is 3. The highest BCUT2D eigenvalue weighted by Gasteiger charge is 2.85. The van der Waals surface area contributed by atoms with Gasteiger partial charge in [0, 0.05) is 11.3 Å². The van der Waals surface area contributed by atoms with E-state index in [1.807, 2.05) is 75.4 Å². The molecule has 4 nitrogen and oxygen atoms in total. The topological polar surface area (TPSA) is 71.4 Å². The SMILES string of the molecule is CC12CCC(C1(C)C)C([S+](c1ccccc1)c1ccc(-c3ccc(C4CCCCC4)cc3)cc1)(S(=O)(=O)O)C2=O. The van der Waals surface area contributed by atoms with Gasteiger partial charge in [0.05, 0.1) is 10.9 Å². The molecule has 0 saturated heterocycles. The van der Waals surface area contributed by atoms with E-state index < -0.39 is 41.8 Å². The molecule has 3 aromatic carbocycles. The van der Waals surface area contributed by atoms with E-state index in [1.165, 1.54) is 37.7 Å². The van der Waals surface area contributed by atoms with Crippen molar-refractivity contribution in [1.29, 1.82) is 0 Å². The zero-order valence-electron chi connectivity index (χ0n) is 23.6. The molecular weight excluding hydrogens is 537 g/mol. The summed E-state index contributed by atoms with van der Waals surface area (Å²) in [6.45, 7) is 5.90. The van der Waals surface area contributed by atoms with Crippen molar-refractivity contribution in [2.45, 2.75) is 85.5 Å². The number of Topliss-reactive ketones (excluding diaryl/α,β-unsaturated/α-hetero) is 1. The number of carbonyl (C=O) groups excluding carboxylic acids is 1. The van der Waals surface area contributed by atoms with Crippen molar-refractivity contribution in [2.24, 2.45) is 16.7 Å². The zero-order chi connectivity index (χ0) is 28.3. The minimum atomic E-state index is -4.76. The molecule has 1 N–H and O–H groups in total. The van der Waals surface area contributed by atoms with Crippen LogP contribution in [-0.4, -0.2) is 22.8 Å². The van der Waals surface area contributed by atoms with Crippen LogP contribution in [0.5, 0.6) is 0 Å². The Bertz CT molecular complexity index is 1510. The fourth-order valence-corrected chi connectivity index (χ4v) is 13.5. The van der Waals surface area contributed by atoms with E-state index in [9.17, 15) is 17.8 Å². The highest BCUT2D eigenvalue weighted by atomic mass is 32.3. The lowest BCUT2D eigenvalue weighted by Gasteiger charge is -2.34. The fourth-order valence-electron chi connectivity index (χ4n) is 7.96. The predicted octanol–water partition coefficient (Wildman–Crippen LogP) is 8.05. The molecule has 6 heteroatoms. The summed E-state index contributed by atoms with van der Waals surface area (Å²) < 4.78 is 36.2. The number of carbonyl (C=O) groups is 1. The maximum atomic E-state index is 14.4. The second-order valence-electron chi connectivity index (χ2n) is 12.7. The standard InChI is InChI=1S/C34H38O4S2/c1-32(2)30-22-23-33(32,3)31(35)34(30,40(36,37)38)39(28-12-8-5-9-13-28)29-20-18-27(19-21-29)26-16-14-25(15-17-26)24-10-6-4-7-11-24/h5,8-9,12-21,24,30H,4,6-7,10-11,22-23H2,1-3H3/p+1. The van der Waals surface area contributed by atoms with Crippen molar-refractivity contribution in [1.82, 2.24) is 0 Å². The van der Waals surface area contributed by atoms with E-state index in [4.69, 9.17) is 0 Å². The molecule has 0 spiro atoms. The van der Waals surface area contributed by atoms with Crippen molar-refractivity contribution in [2.75, 3.05) is 0 Å². The van der Waals surface area contributed by atoms with Crippen molar-refractivity contribution in [3.63, 3.8) is 0 Å². The Balaban J connectivity index is 1.43. The van der Waals surface area contributed by atoms with E-state index in [1.54, 1.807) is 0 Å². The van der Waals surface area contributed by atoms with Gasteiger partial charge in [-0.2, -0.15) is 8.42 Å². The maximum absolute atomic E-state index is 14.4. The van der Waals surface area contributed by atoms with Gasteiger partial charge in [-0.25, -0.2) is 0 Å². The summed E-state index contributed by atoms with van der Waals surface area (Å²) in [5, 5.41) is 0. The second kappa shape index (κ2) is 9.85. The van der Waals surface area contributed by atoms with Gasteiger partial charge in [-0.3, -0.25) is 9.35 Å². The van der Waals surface area contributed by atoms with Crippen molar-refractivity contribution < 1.29 is 17.8 Å². The molecule has 6 rings (SSSR count). The lowest BCUT2D eigenvalue weighted by atomic mass is 9.70. The number of rotatable bonds is 6. The minimum absolute atomic E-state index is 0.335. The molecule has 2 bridgehead atoms. The van der Waals surface area contributed by atoms with E-state index in [0.717, 1.165) is 20.9 Å². The van der Waals surface area contributed by atoms with Gasteiger partial charge in [-0.05, 0) is 90.1 Å². The highest BCUT2D eigenvalue weighted by Crippen LogP contribution is 2.71. The van der Waals surface area contributed by atoms with Gasteiger partial charge >= 0.3 is 14.2 Å². The summed E-state index contributed by atoms with van der Waals surface area (Å²) in [6, 6.07) is 26.2. The van der Waals surface area contributed by atoms with Crippen LogP contribution in [0.25, 0.3) is 11.1 Å². The molecule has 4 atom stereocenters. The molecule has 0 amide bonds. The van der Waals surface area contributed by atoms with Crippen molar-refractivity contribution in [3.05, 3.63) is 84.4 Å². The third-order valence-electron chi connectivity index (χ3n) is 10.6. The minimum Gasteiger partial charge on any atom is -0.292 e. The first-order valence-electron chi connectivity index (χ1n) is 14.5. The molecule has 4 unspecified atom stereocenters. The van der Waals surface area contributed by atoms with Crippen LogP contribution in [0.3, 0.4) is 0 Å². The van der Waals surface area contributed by atoms with E-state index in [-0.39, 0.29) is 5.78 Å². The zero-order valence-corrected chi connectivity index (χ0v) is 25.2. The van der Waals surface area contributed by atoms with Crippen LogP contribution in [-0.2, 0) is 25.8 Å². The van der Waals surface area contributed by atoms with Crippen LogP contribution in [0.1, 0.15) is 77.2 Å². The molecule has 210 valence electrons. The summed E-state index contributed by atoms with van der Waals surface area (Å²) in [5.41, 5.74) is 2.20. The number of fused-ring (bicyclic) bond motifs is 2. The van der Waals surface area contributed by atoms with Gasteiger partial charge in [0.2, 0.25) is 5.78 Å². The smallest absolute Gasteiger partial charge is 0.292 e. The molecule has 3 fully saturated rings. The van der Waals surface area contributed by atoms with E-state index >= 15 is 0 Å². The van der Waals surface area contributed by atoms with Crippen LogP contribution in [0.15, 0.2) is 88.7 Å². The summed E-state index contributed by atoms with van der Waals surface area (Å²) in [4.78, 5) is 15.9. The third-order valence-corrected chi connectivity index (χ3v) is 15.5. The van der Waals surface area contributed by atoms with E-state index in [2.05, 4.69) is 24.3 Å². The Morgan fingerprint density at radius 1 is 0.750 bits per heavy atom. The largest absolute Gasteiger partial charge is 0.326 e. The molecule has 3 aliphatic rings. The molecule has 0 aliphatic heterocycles. The molecular formula is C34H39O4S2+. The molecule has 3 aromatic rings. The normalized spacial score (nSPS) is 29.0. The molecule has 3 aliphatic carbocycles. The van der Waals surface area contributed by atoms with Crippen LogP contribution < -0.4 is 0 Å². The highest BCUT2D eigenvalue weighted by molar-refractivity contribution is 8.12. The van der Waals surface area contributed by atoms with Gasteiger partial charge in [0.25, 0.3) is 0 Å². The van der Waals surface area contributed by atoms with Crippen molar-refractivity contribution in [3.8, 4) is 11.1 Å². The first kappa shape index (κ1) is 27.7. The van der Waals surface area contributed by atoms with Gasteiger partial charge in [0.1, 0.15) is 0 Å². The number of benzene rings is 3. The molecule has 0 aromatic heterocycles. The molecule has 0 heterocycles. The quantitative estimate of drug-likeness (QED) is 0.238. The third kappa shape index (κ3) is 3.97. The van der Waals surface area contributed by atoms with Gasteiger partial charge in [-0.15, -0.1) is 0 Å². The summed E-state index contributed by atoms with van der Waals surface area (Å²) in [6.07, 6.45) is 7.72. The Morgan fingerprint density at radius 3 is 1.82 bits per heavy atom. The Kier molecular flexibility index (Phi) is 6.83. The second-order valence-corrected chi connectivity index (χ2v) is 16.8. The Morgan fingerprint density at radius 2 is 1.30 bits per heavy atom. The molecule has 0 radical (unpaired) electrons. The van der Waals surface area contributed by atoms with Gasteiger partial charge in [0.15, 0.2) is 9.79 Å². The van der Waals surface area contributed by atoms with Gasteiger partial charge < -0.3 is 0 Å².